The molecule has 2 aromatic rings. The van der Waals surface area contributed by atoms with E-state index < -0.39 is 0 Å². The fourth-order valence-electron chi connectivity index (χ4n) is 2.42. The van der Waals surface area contributed by atoms with Gasteiger partial charge >= 0.3 is 0 Å². The van der Waals surface area contributed by atoms with Crippen molar-refractivity contribution in [1.29, 1.82) is 0 Å². The number of ether oxygens (including phenoxy) is 1. The molecule has 1 saturated heterocycles. The number of aromatic nitrogens is 4. The first kappa shape index (κ1) is 11.8. The molecule has 0 aromatic carbocycles. The summed E-state index contributed by atoms with van der Waals surface area (Å²) in [5, 5.41) is 17.0. The van der Waals surface area contributed by atoms with Gasteiger partial charge in [-0.15, -0.1) is 5.10 Å². The van der Waals surface area contributed by atoms with E-state index in [2.05, 4.69) is 22.1 Å². The van der Waals surface area contributed by atoms with Crippen LogP contribution in [-0.4, -0.2) is 37.6 Å². The smallest absolute Gasteiger partial charge is 0.179 e. The zero-order valence-electron chi connectivity index (χ0n) is 9.82. The van der Waals surface area contributed by atoms with Crippen molar-refractivity contribution < 1.29 is 9.84 Å². The molecule has 0 radical (unpaired) electrons. The second kappa shape index (κ2) is 4.46. The molecule has 2 aromatic heterocycles. The molecule has 0 unspecified atom stereocenters. The van der Waals surface area contributed by atoms with E-state index in [-0.39, 0.29) is 24.1 Å². The van der Waals surface area contributed by atoms with E-state index in [4.69, 9.17) is 21.4 Å². The number of halogens is 1. The summed E-state index contributed by atoms with van der Waals surface area (Å²) < 4.78 is 7.70. The van der Waals surface area contributed by atoms with Crippen LogP contribution in [0.2, 0.25) is 5.15 Å². The molecule has 0 bridgehead atoms. The number of imidazole rings is 1. The average Bonchev–Trinajstić information content (AvgIpc) is 2.93. The number of aliphatic hydroxyl groups excluding tert-OH is 1. The molecule has 96 valence electrons. The van der Waals surface area contributed by atoms with Crippen LogP contribution in [0.4, 0.5) is 0 Å². The normalized spacial score (nSPS) is 28.1. The van der Waals surface area contributed by atoms with Crippen LogP contribution in [0.3, 0.4) is 0 Å². The van der Waals surface area contributed by atoms with Crippen molar-refractivity contribution in [2.24, 2.45) is 5.92 Å². The van der Waals surface area contributed by atoms with Crippen LogP contribution in [0.5, 0.6) is 0 Å². The molecule has 6 nitrogen and oxygen atoms in total. The number of rotatable bonds is 2. The van der Waals surface area contributed by atoms with Gasteiger partial charge in [0.1, 0.15) is 11.7 Å². The van der Waals surface area contributed by atoms with Gasteiger partial charge in [-0.25, -0.2) is 4.98 Å². The monoisotopic (exact) mass is 268 g/mol. The Morgan fingerprint density at radius 1 is 1.61 bits per heavy atom. The lowest BCUT2D eigenvalue weighted by atomic mass is 10.1. The van der Waals surface area contributed by atoms with Crippen molar-refractivity contribution >= 4 is 22.6 Å². The summed E-state index contributed by atoms with van der Waals surface area (Å²) >= 11 is 5.94. The third kappa shape index (κ3) is 1.77. The van der Waals surface area contributed by atoms with Gasteiger partial charge < -0.3 is 14.4 Å². The SMILES string of the molecule is C[C@H]1C[C@@H](CO)O[C@H]1n1cnc2c(Cl)nncc21. The molecule has 1 aliphatic rings. The van der Waals surface area contributed by atoms with E-state index in [0.717, 1.165) is 11.9 Å². The molecule has 1 aliphatic heterocycles. The van der Waals surface area contributed by atoms with E-state index in [0.29, 0.717) is 11.4 Å². The number of hydrogen-bond donors (Lipinski definition) is 1. The van der Waals surface area contributed by atoms with Gasteiger partial charge in [0.2, 0.25) is 0 Å². The van der Waals surface area contributed by atoms with Crippen molar-refractivity contribution in [1.82, 2.24) is 19.7 Å². The molecule has 3 rings (SSSR count). The van der Waals surface area contributed by atoms with Gasteiger partial charge in [-0.1, -0.05) is 18.5 Å². The Hall–Kier alpha value is -1.24. The van der Waals surface area contributed by atoms with Gasteiger partial charge in [0.05, 0.1) is 30.8 Å². The average molecular weight is 269 g/mol. The second-order valence-electron chi connectivity index (χ2n) is 4.57. The van der Waals surface area contributed by atoms with Crippen LogP contribution in [0.1, 0.15) is 19.6 Å². The van der Waals surface area contributed by atoms with Crippen molar-refractivity contribution in [3.8, 4) is 0 Å². The number of hydrogen-bond acceptors (Lipinski definition) is 5. The zero-order chi connectivity index (χ0) is 12.7. The van der Waals surface area contributed by atoms with E-state index in [1.54, 1.807) is 12.5 Å². The number of aliphatic hydroxyl groups is 1. The minimum Gasteiger partial charge on any atom is -0.394 e. The quantitative estimate of drug-likeness (QED) is 0.891. The van der Waals surface area contributed by atoms with Gasteiger partial charge in [-0.3, -0.25) is 0 Å². The van der Waals surface area contributed by atoms with Crippen molar-refractivity contribution in [3.63, 3.8) is 0 Å². The Morgan fingerprint density at radius 2 is 2.44 bits per heavy atom. The highest BCUT2D eigenvalue weighted by molar-refractivity contribution is 6.33. The maximum atomic E-state index is 9.16. The Kier molecular flexibility index (Phi) is 2.93. The second-order valence-corrected chi connectivity index (χ2v) is 4.92. The van der Waals surface area contributed by atoms with Crippen LogP contribution in [-0.2, 0) is 4.74 Å². The third-order valence-corrected chi connectivity index (χ3v) is 3.54. The van der Waals surface area contributed by atoms with Gasteiger partial charge in [-0.2, -0.15) is 5.10 Å². The summed E-state index contributed by atoms with van der Waals surface area (Å²) in [5.74, 6) is 0.298. The summed E-state index contributed by atoms with van der Waals surface area (Å²) in [5.41, 5.74) is 1.42. The maximum Gasteiger partial charge on any atom is 0.179 e. The molecule has 0 spiro atoms. The molecule has 0 amide bonds. The van der Waals surface area contributed by atoms with E-state index in [1.165, 1.54) is 0 Å². The lowest BCUT2D eigenvalue weighted by Crippen LogP contribution is -2.15. The molecular formula is C11H13ClN4O2. The fourth-order valence-corrected chi connectivity index (χ4v) is 2.61. The number of nitrogens with zero attached hydrogens (tertiary/aromatic N) is 4. The summed E-state index contributed by atoms with van der Waals surface area (Å²) in [6, 6.07) is 0. The molecule has 0 aliphatic carbocycles. The Labute approximate surface area is 109 Å². The summed E-state index contributed by atoms with van der Waals surface area (Å²) in [7, 11) is 0. The third-order valence-electron chi connectivity index (χ3n) is 3.28. The standard InChI is InChI=1S/C11H13ClN4O2/c1-6-2-7(4-17)18-11(6)16-5-13-9-8(16)3-14-15-10(9)12/h3,5-7,11,17H,2,4H2,1H3/t6-,7-,11+/m0/s1. The molecule has 0 saturated carbocycles. The van der Waals surface area contributed by atoms with Gasteiger partial charge in [0.15, 0.2) is 5.15 Å². The maximum absolute atomic E-state index is 9.16. The summed E-state index contributed by atoms with van der Waals surface area (Å²) in [6.45, 7) is 2.12. The van der Waals surface area contributed by atoms with Crippen LogP contribution in [0, 0.1) is 5.92 Å². The van der Waals surface area contributed by atoms with E-state index in [1.807, 2.05) is 4.57 Å². The van der Waals surface area contributed by atoms with Gasteiger partial charge in [0.25, 0.3) is 0 Å². The van der Waals surface area contributed by atoms with Crippen molar-refractivity contribution in [2.45, 2.75) is 25.7 Å². The van der Waals surface area contributed by atoms with Crippen LogP contribution < -0.4 is 0 Å². The molecular weight excluding hydrogens is 256 g/mol. The van der Waals surface area contributed by atoms with Crippen LogP contribution in [0.15, 0.2) is 12.5 Å². The Bertz CT molecular complexity index is 573. The van der Waals surface area contributed by atoms with Crippen molar-refractivity contribution in [3.05, 3.63) is 17.7 Å². The topological polar surface area (TPSA) is 73.1 Å². The first-order valence-electron chi connectivity index (χ1n) is 5.80. The summed E-state index contributed by atoms with van der Waals surface area (Å²) in [4.78, 5) is 4.23. The molecule has 1 fully saturated rings. The lowest BCUT2D eigenvalue weighted by Gasteiger charge is -2.17. The zero-order valence-corrected chi connectivity index (χ0v) is 10.6. The highest BCUT2D eigenvalue weighted by Gasteiger charge is 2.33. The molecule has 1 N–H and O–H groups in total. The Morgan fingerprint density at radius 3 is 3.17 bits per heavy atom. The minimum absolute atomic E-state index is 0.0357. The van der Waals surface area contributed by atoms with Crippen LogP contribution >= 0.6 is 11.6 Å². The molecule has 18 heavy (non-hydrogen) atoms. The van der Waals surface area contributed by atoms with Gasteiger partial charge in [-0.05, 0) is 6.42 Å². The highest BCUT2D eigenvalue weighted by Crippen LogP contribution is 2.36. The summed E-state index contributed by atoms with van der Waals surface area (Å²) in [6.07, 6.45) is 3.87. The van der Waals surface area contributed by atoms with Crippen LogP contribution in [0.25, 0.3) is 11.0 Å². The minimum atomic E-state index is -0.146. The number of fused-ring (bicyclic) bond motifs is 1. The first-order valence-corrected chi connectivity index (χ1v) is 6.18. The predicted molar refractivity (Wildman–Crippen MR) is 65.1 cm³/mol. The molecule has 7 heteroatoms. The molecule has 3 heterocycles. The largest absolute Gasteiger partial charge is 0.394 e. The van der Waals surface area contributed by atoms with Gasteiger partial charge in [0, 0.05) is 5.92 Å². The van der Waals surface area contributed by atoms with E-state index in [9.17, 15) is 0 Å². The first-order chi connectivity index (χ1) is 8.70. The fraction of sp³-hybridized carbons (Fsp3) is 0.545. The lowest BCUT2D eigenvalue weighted by molar-refractivity contribution is -0.0292. The highest BCUT2D eigenvalue weighted by atomic mass is 35.5. The Balaban J connectivity index is 2.02. The van der Waals surface area contributed by atoms with Crippen molar-refractivity contribution in [2.75, 3.05) is 6.61 Å². The molecule has 3 atom stereocenters. The predicted octanol–water partition coefficient (Wildman–Crippen LogP) is 1.40. The van der Waals surface area contributed by atoms with E-state index >= 15 is 0 Å².